The van der Waals surface area contributed by atoms with Gasteiger partial charge in [0.05, 0.1) is 28.8 Å². The van der Waals surface area contributed by atoms with Crippen LogP contribution in [0.15, 0.2) is 103 Å². The summed E-state index contributed by atoms with van der Waals surface area (Å²) >= 11 is 0. The largest absolute Gasteiger partial charge is 0.493 e. The number of H-pyrrole nitrogens is 1. The van der Waals surface area contributed by atoms with Gasteiger partial charge < -0.3 is 25.5 Å². The molecule has 0 saturated carbocycles. The molecule has 2 aromatic heterocycles. The van der Waals surface area contributed by atoms with E-state index in [0.717, 1.165) is 15.6 Å². The summed E-state index contributed by atoms with van der Waals surface area (Å²) in [6.07, 6.45) is 4.82. The van der Waals surface area contributed by atoms with Crippen molar-refractivity contribution in [3.63, 3.8) is 0 Å². The number of alkyl halides is 3. The maximum absolute atomic E-state index is 13.4. The van der Waals surface area contributed by atoms with E-state index in [1.165, 1.54) is 19.9 Å². The van der Waals surface area contributed by atoms with Crippen LogP contribution in [0.4, 0.5) is 19.1 Å². The Morgan fingerprint density at radius 1 is 0.980 bits per heavy atom. The molecule has 4 N–H and O–H groups in total. The molecule has 6 rings (SSSR count). The lowest BCUT2D eigenvalue weighted by atomic mass is 10.0. The molecule has 3 aromatic carbocycles. The summed E-state index contributed by atoms with van der Waals surface area (Å²) in [6, 6.07) is 18.7. The summed E-state index contributed by atoms with van der Waals surface area (Å²) in [4.78, 5) is 24.2. The Bertz CT molecular complexity index is 2270. The molecule has 0 atom stereocenters. The first-order chi connectivity index (χ1) is 23.8. The molecule has 1 aliphatic rings. The number of nitrogens with zero attached hydrogens (tertiary/aromatic N) is 3. The number of aromatic nitrogens is 4. The van der Waals surface area contributed by atoms with Gasteiger partial charge in [-0.25, -0.2) is 27.2 Å². The Labute approximate surface area is 285 Å². The van der Waals surface area contributed by atoms with Crippen LogP contribution >= 0.6 is 0 Å². The molecule has 11 nitrogen and oxygen atoms in total. The van der Waals surface area contributed by atoms with Gasteiger partial charge in [-0.2, -0.15) is 13.2 Å². The van der Waals surface area contributed by atoms with Crippen LogP contribution in [0, 0.1) is 0 Å². The van der Waals surface area contributed by atoms with Crippen molar-refractivity contribution < 1.29 is 35.9 Å². The van der Waals surface area contributed by atoms with Crippen LogP contribution < -0.4 is 20.5 Å². The Kier molecular flexibility index (Phi) is 9.25. The van der Waals surface area contributed by atoms with Crippen molar-refractivity contribution >= 4 is 33.0 Å². The van der Waals surface area contributed by atoms with Gasteiger partial charge >= 0.3 is 12.1 Å². The second-order valence-electron chi connectivity index (χ2n) is 11.5. The zero-order valence-corrected chi connectivity index (χ0v) is 27.5. The van der Waals surface area contributed by atoms with Crippen molar-refractivity contribution in [1.29, 1.82) is 0 Å². The van der Waals surface area contributed by atoms with Crippen LogP contribution in [0.5, 0.6) is 11.5 Å². The summed E-state index contributed by atoms with van der Waals surface area (Å²) in [5, 5.41) is 2.03. The van der Waals surface area contributed by atoms with E-state index in [1.54, 1.807) is 42.5 Å². The van der Waals surface area contributed by atoms with E-state index in [4.69, 9.17) is 20.2 Å². The number of rotatable bonds is 10. The number of carbonyl (C=O) groups is 1. The molecule has 0 spiro atoms. The highest BCUT2D eigenvalue weighted by Crippen LogP contribution is 2.40. The number of imidazole rings is 2. The fraction of sp³-hybridized carbons (Fsp3) is 0.171. The number of nitrogens with one attached hydrogen (secondary N) is 2. The molecule has 0 amide bonds. The number of nitrogens with two attached hydrogens (primary N) is 1. The third-order valence-electron chi connectivity index (χ3n) is 7.70. The average molecular weight is 705 g/mol. The smallest absolute Gasteiger partial charge is 0.491 e. The van der Waals surface area contributed by atoms with Crippen molar-refractivity contribution in [3.8, 4) is 45.4 Å². The fourth-order valence-electron chi connectivity index (χ4n) is 5.21. The first kappa shape index (κ1) is 34.0. The second kappa shape index (κ2) is 13.6. The van der Waals surface area contributed by atoms with Gasteiger partial charge in [0.25, 0.3) is 0 Å². The molecule has 258 valence electrons. The van der Waals surface area contributed by atoms with Gasteiger partial charge in [-0.3, -0.25) is 0 Å². The van der Waals surface area contributed by atoms with Gasteiger partial charge in [-0.05, 0) is 55.8 Å². The first-order valence-electron chi connectivity index (χ1n) is 15.4. The number of allylic oxidation sites excluding steroid dienone is 3. The lowest BCUT2D eigenvalue weighted by molar-refractivity contribution is -0.189. The first-order valence-corrected chi connectivity index (χ1v) is 16.9. The molecule has 0 aliphatic carbocycles. The van der Waals surface area contributed by atoms with Gasteiger partial charge in [-0.1, -0.05) is 48.5 Å². The molecular weight excluding hydrogens is 673 g/mol. The molecule has 0 bridgehead atoms. The number of benzene rings is 3. The molecular formula is C35H31F3N6O5S. The minimum atomic E-state index is -5.35. The molecule has 5 aromatic rings. The normalized spacial score (nSPS) is 13.3. The lowest BCUT2D eigenvalue weighted by Gasteiger charge is -2.13. The Morgan fingerprint density at radius 3 is 2.48 bits per heavy atom. The molecule has 3 heterocycles. The van der Waals surface area contributed by atoms with Crippen molar-refractivity contribution in [2.75, 3.05) is 12.3 Å². The number of hydrogen-bond acceptors (Lipinski definition) is 9. The van der Waals surface area contributed by atoms with Gasteiger partial charge in [0, 0.05) is 35.5 Å². The Balaban J connectivity index is 1.47. The minimum absolute atomic E-state index is 0.129. The molecule has 0 saturated heterocycles. The molecule has 15 heteroatoms. The highest BCUT2D eigenvalue weighted by atomic mass is 32.2. The molecule has 50 heavy (non-hydrogen) atoms. The van der Waals surface area contributed by atoms with Gasteiger partial charge in [0.2, 0.25) is 16.0 Å². The summed E-state index contributed by atoms with van der Waals surface area (Å²) < 4.78 is 78.4. The number of hydrogen-bond donors (Lipinski definition) is 3. The summed E-state index contributed by atoms with van der Waals surface area (Å²) in [6.45, 7) is 3.24. The van der Waals surface area contributed by atoms with Crippen LogP contribution in [-0.2, 0) is 14.8 Å². The SMILES string of the molecule is CC(C)S(=O)(=O)n1c(N)nc2c(OC(=O)C(F)(F)F)cc(-c3nc(-c4cccc(OCCC5=CC=CNC=C5)c4)[nH]c3-c3ccccc3)cc21. The summed E-state index contributed by atoms with van der Waals surface area (Å²) in [7, 11) is -4.17. The number of carbonyl (C=O) groups excluding carboxylic acids is 1. The zero-order chi connectivity index (χ0) is 35.6. The predicted molar refractivity (Wildman–Crippen MR) is 183 cm³/mol. The third kappa shape index (κ3) is 6.98. The molecule has 1 aliphatic heterocycles. The highest BCUT2D eigenvalue weighted by molar-refractivity contribution is 7.90. The third-order valence-corrected chi connectivity index (χ3v) is 9.78. The van der Waals surface area contributed by atoms with Crippen molar-refractivity contribution in [2.45, 2.75) is 31.7 Å². The van der Waals surface area contributed by atoms with E-state index in [9.17, 15) is 26.4 Å². The fourth-order valence-corrected chi connectivity index (χ4v) is 6.34. The van der Waals surface area contributed by atoms with E-state index in [2.05, 4.69) is 15.3 Å². The molecule has 0 fully saturated rings. The lowest BCUT2D eigenvalue weighted by Crippen LogP contribution is -2.28. The van der Waals surface area contributed by atoms with Gasteiger partial charge in [0.1, 0.15) is 17.1 Å². The zero-order valence-electron chi connectivity index (χ0n) is 26.7. The van der Waals surface area contributed by atoms with Crippen LogP contribution in [0.3, 0.4) is 0 Å². The Hall–Kier alpha value is -5.83. The standard InChI is InChI=1S/C35H31F3N6O5S/c1-21(2)50(46,47)44-27-19-25(20-28(31(27)43-34(44)39)49-33(45)35(36,37)38)30-29(23-9-4-3-5-10-23)41-32(42-30)24-11-6-12-26(18-24)48-17-14-22-8-7-15-40-16-13-22/h3-13,15-16,18-21,40H,14,17H2,1-2H3,(H2,39,43)(H,41,42). The maximum Gasteiger partial charge on any atom is 0.491 e. The van der Waals surface area contributed by atoms with Crippen LogP contribution in [0.25, 0.3) is 44.9 Å². The number of aromatic amines is 1. The quantitative estimate of drug-likeness (QED) is 0.106. The minimum Gasteiger partial charge on any atom is -0.493 e. The second-order valence-corrected chi connectivity index (χ2v) is 13.8. The van der Waals surface area contributed by atoms with Crippen LogP contribution in [0.1, 0.15) is 20.3 Å². The molecule has 0 radical (unpaired) electrons. The number of ether oxygens (including phenoxy) is 2. The van der Waals surface area contributed by atoms with Crippen LogP contribution in [-0.4, -0.2) is 51.3 Å². The van der Waals surface area contributed by atoms with E-state index in [0.29, 0.717) is 41.4 Å². The van der Waals surface area contributed by atoms with Gasteiger partial charge in [0.15, 0.2) is 5.75 Å². The summed E-state index contributed by atoms with van der Waals surface area (Å²) in [5.41, 5.74) is 8.66. The average Bonchev–Trinajstić information content (AvgIpc) is 3.57. The Morgan fingerprint density at radius 2 is 1.74 bits per heavy atom. The topological polar surface area (TPSA) is 154 Å². The number of anilines is 1. The van der Waals surface area contributed by atoms with E-state index >= 15 is 0 Å². The van der Waals surface area contributed by atoms with Crippen molar-refractivity contribution in [2.24, 2.45) is 0 Å². The maximum atomic E-state index is 13.4. The highest BCUT2D eigenvalue weighted by Gasteiger charge is 2.42. The van der Waals surface area contributed by atoms with E-state index in [-0.39, 0.29) is 22.3 Å². The monoisotopic (exact) mass is 704 g/mol. The van der Waals surface area contributed by atoms with Crippen molar-refractivity contribution in [3.05, 3.63) is 103 Å². The van der Waals surface area contributed by atoms with Crippen molar-refractivity contribution in [1.82, 2.24) is 24.2 Å². The number of nitrogen functional groups attached to an aromatic ring is 1. The number of fused-ring (bicyclic) bond motifs is 1. The van der Waals surface area contributed by atoms with E-state index in [1.807, 2.05) is 42.8 Å². The number of halogens is 3. The summed E-state index contributed by atoms with van der Waals surface area (Å²) in [5.74, 6) is -2.72. The molecule has 0 unspecified atom stereocenters. The van der Waals surface area contributed by atoms with Crippen LogP contribution in [0.2, 0.25) is 0 Å². The van der Waals surface area contributed by atoms with Gasteiger partial charge in [-0.15, -0.1) is 0 Å². The van der Waals surface area contributed by atoms with E-state index < -0.39 is 39.1 Å². The predicted octanol–water partition coefficient (Wildman–Crippen LogP) is 6.72. The number of esters is 1.